The molecule has 1 N–H and O–H groups in total. The smallest absolute Gasteiger partial charge is 0.313 e. The number of fused-ring (bicyclic) bond motifs is 1. The van der Waals surface area contributed by atoms with Crippen LogP contribution in [-0.2, 0) is 16.1 Å². The molecule has 0 spiro atoms. The van der Waals surface area contributed by atoms with Crippen molar-refractivity contribution in [3.8, 4) is 0 Å². The number of rotatable bonds is 5. The molecular weight excluding hydrogens is 358 g/mol. The summed E-state index contributed by atoms with van der Waals surface area (Å²) in [6.45, 7) is 2.28. The predicted octanol–water partition coefficient (Wildman–Crippen LogP) is 2.41. The van der Waals surface area contributed by atoms with E-state index in [9.17, 15) is 4.79 Å². The fourth-order valence-corrected chi connectivity index (χ4v) is 3.40. The minimum absolute atomic E-state index is 0.00828. The molecule has 8 heteroatoms. The number of carbonyl (C=O) groups is 1. The maximum atomic E-state index is 10.8. The maximum Gasteiger partial charge on any atom is 0.313 e. The Labute approximate surface area is 134 Å². The number of hydrogen-bond donors (Lipinski definition) is 1. The third-order valence-electron chi connectivity index (χ3n) is 3.31. The molecule has 3 heterocycles. The van der Waals surface area contributed by atoms with Gasteiger partial charge in [-0.1, -0.05) is 11.8 Å². The molecule has 2 aromatic rings. The Morgan fingerprint density at radius 3 is 3.19 bits per heavy atom. The van der Waals surface area contributed by atoms with Gasteiger partial charge in [0.2, 0.25) is 0 Å². The molecule has 0 aliphatic carbocycles. The SMILES string of the molecule is O=C(O)CSc1nc2cc(Br)cnc2n1CC1CCOC1. The number of aliphatic carboxylic acids is 1. The summed E-state index contributed by atoms with van der Waals surface area (Å²) >= 11 is 4.61. The highest BCUT2D eigenvalue weighted by molar-refractivity contribution is 9.10. The van der Waals surface area contributed by atoms with Gasteiger partial charge in [0.1, 0.15) is 5.52 Å². The summed E-state index contributed by atoms with van der Waals surface area (Å²) < 4.78 is 8.28. The summed E-state index contributed by atoms with van der Waals surface area (Å²) in [5.74, 6) is -0.431. The Bertz CT molecular complexity index is 670. The van der Waals surface area contributed by atoms with Gasteiger partial charge in [0, 0.05) is 29.7 Å². The molecule has 21 heavy (non-hydrogen) atoms. The highest BCUT2D eigenvalue weighted by Gasteiger charge is 2.21. The molecule has 1 saturated heterocycles. The first-order valence-corrected chi connectivity index (χ1v) is 8.35. The summed E-state index contributed by atoms with van der Waals surface area (Å²) in [5, 5.41) is 9.57. The van der Waals surface area contributed by atoms with Gasteiger partial charge in [-0.15, -0.1) is 0 Å². The Kier molecular flexibility index (Phi) is 4.46. The first-order valence-electron chi connectivity index (χ1n) is 6.57. The van der Waals surface area contributed by atoms with Crippen LogP contribution in [-0.4, -0.2) is 44.6 Å². The zero-order chi connectivity index (χ0) is 14.8. The molecule has 1 aliphatic heterocycles. The number of imidazole rings is 1. The largest absolute Gasteiger partial charge is 0.481 e. The molecule has 2 aromatic heterocycles. The summed E-state index contributed by atoms with van der Waals surface area (Å²) in [6.07, 6.45) is 2.75. The van der Waals surface area contributed by atoms with Gasteiger partial charge >= 0.3 is 5.97 Å². The van der Waals surface area contributed by atoms with E-state index in [1.54, 1.807) is 6.20 Å². The van der Waals surface area contributed by atoms with Crippen LogP contribution in [0, 0.1) is 5.92 Å². The number of pyridine rings is 1. The van der Waals surface area contributed by atoms with Crippen LogP contribution in [0.4, 0.5) is 0 Å². The van der Waals surface area contributed by atoms with E-state index in [0.29, 0.717) is 11.1 Å². The van der Waals surface area contributed by atoms with Gasteiger partial charge in [-0.25, -0.2) is 9.97 Å². The van der Waals surface area contributed by atoms with Crippen LogP contribution < -0.4 is 0 Å². The number of nitrogens with zero attached hydrogens (tertiary/aromatic N) is 3. The summed E-state index contributed by atoms with van der Waals surface area (Å²) in [4.78, 5) is 19.7. The lowest BCUT2D eigenvalue weighted by molar-refractivity contribution is -0.133. The molecular formula is C13H14BrN3O3S. The van der Waals surface area contributed by atoms with E-state index in [0.717, 1.165) is 41.8 Å². The van der Waals surface area contributed by atoms with Gasteiger partial charge in [-0.2, -0.15) is 0 Å². The first-order chi connectivity index (χ1) is 10.1. The zero-order valence-electron chi connectivity index (χ0n) is 11.2. The van der Waals surface area contributed by atoms with Gasteiger partial charge in [-0.3, -0.25) is 4.79 Å². The summed E-state index contributed by atoms with van der Waals surface area (Å²) in [7, 11) is 0. The quantitative estimate of drug-likeness (QED) is 0.813. The molecule has 3 rings (SSSR count). The second kappa shape index (κ2) is 6.33. The lowest BCUT2D eigenvalue weighted by Crippen LogP contribution is -2.12. The van der Waals surface area contributed by atoms with Crippen molar-refractivity contribution < 1.29 is 14.6 Å². The number of thioether (sulfide) groups is 1. The molecule has 0 aromatic carbocycles. The maximum absolute atomic E-state index is 10.8. The van der Waals surface area contributed by atoms with Gasteiger partial charge in [-0.05, 0) is 28.4 Å². The summed E-state index contributed by atoms with van der Waals surface area (Å²) in [6, 6.07) is 1.90. The minimum atomic E-state index is -0.850. The van der Waals surface area contributed by atoms with Gasteiger partial charge in [0.25, 0.3) is 0 Å². The van der Waals surface area contributed by atoms with Crippen LogP contribution in [0.5, 0.6) is 0 Å². The monoisotopic (exact) mass is 371 g/mol. The third-order valence-corrected chi connectivity index (χ3v) is 4.70. The molecule has 0 amide bonds. The van der Waals surface area contributed by atoms with Crippen LogP contribution in [0.15, 0.2) is 21.9 Å². The topological polar surface area (TPSA) is 77.2 Å². The van der Waals surface area contributed by atoms with E-state index in [2.05, 4.69) is 25.9 Å². The fraction of sp³-hybridized carbons (Fsp3) is 0.462. The first kappa shape index (κ1) is 14.8. The van der Waals surface area contributed by atoms with E-state index in [1.807, 2.05) is 10.6 Å². The highest BCUT2D eigenvalue weighted by atomic mass is 79.9. The highest BCUT2D eigenvalue weighted by Crippen LogP contribution is 2.27. The molecule has 0 saturated carbocycles. The van der Waals surface area contributed by atoms with Crippen molar-refractivity contribution in [1.29, 1.82) is 0 Å². The van der Waals surface area contributed by atoms with E-state index >= 15 is 0 Å². The van der Waals surface area contributed by atoms with Crippen molar-refractivity contribution >= 4 is 44.8 Å². The van der Waals surface area contributed by atoms with Crippen LogP contribution in [0.2, 0.25) is 0 Å². The minimum Gasteiger partial charge on any atom is -0.481 e. The molecule has 1 unspecified atom stereocenters. The number of carboxylic acid groups (broad SMARTS) is 1. The summed E-state index contributed by atoms with van der Waals surface area (Å²) in [5.41, 5.74) is 1.56. The average molecular weight is 372 g/mol. The van der Waals surface area contributed by atoms with Crippen LogP contribution >= 0.6 is 27.7 Å². The van der Waals surface area contributed by atoms with Gasteiger partial charge in [0.15, 0.2) is 10.8 Å². The molecule has 1 atom stereocenters. The molecule has 6 nitrogen and oxygen atoms in total. The Morgan fingerprint density at radius 1 is 1.62 bits per heavy atom. The van der Waals surface area contributed by atoms with Crippen LogP contribution in [0.3, 0.4) is 0 Å². The third kappa shape index (κ3) is 3.38. The lowest BCUT2D eigenvalue weighted by atomic mass is 10.1. The van der Waals surface area contributed by atoms with Crippen molar-refractivity contribution in [2.75, 3.05) is 19.0 Å². The zero-order valence-corrected chi connectivity index (χ0v) is 13.6. The Morgan fingerprint density at radius 2 is 2.48 bits per heavy atom. The van der Waals surface area contributed by atoms with Gasteiger partial charge < -0.3 is 14.4 Å². The lowest BCUT2D eigenvalue weighted by Gasteiger charge is -2.11. The van der Waals surface area contributed by atoms with E-state index in [-0.39, 0.29) is 5.75 Å². The second-order valence-electron chi connectivity index (χ2n) is 4.91. The number of carboxylic acids is 1. The fourth-order valence-electron chi connectivity index (χ4n) is 2.35. The normalized spacial score (nSPS) is 18.4. The van der Waals surface area contributed by atoms with Crippen molar-refractivity contribution in [2.45, 2.75) is 18.1 Å². The van der Waals surface area contributed by atoms with Crippen molar-refractivity contribution in [2.24, 2.45) is 5.92 Å². The van der Waals surface area contributed by atoms with Crippen LogP contribution in [0.25, 0.3) is 11.2 Å². The second-order valence-corrected chi connectivity index (χ2v) is 6.77. The van der Waals surface area contributed by atoms with Gasteiger partial charge in [0.05, 0.1) is 12.4 Å². The number of ether oxygens (including phenoxy) is 1. The van der Waals surface area contributed by atoms with Crippen molar-refractivity contribution in [3.63, 3.8) is 0 Å². The Balaban J connectivity index is 1.95. The van der Waals surface area contributed by atoms with Crippen molar-refractivity contribution in [3.05, 3.63) is 16.7 Å². The molecule has 112 valence electrons. The Hall–Kier alpha value is -1.12. The molecule has 1 fully saturated rings. The predicted molar refractivity (Wildman–Crippen MR) is 82.5 cm³/mol. The van der Waals surface area contributed by atoms with Crippen molar-refractivity contribution in [1.82, 2.24) is 14.5 Å². The number of hydrogen-bond acceptors (Lipinski definition) is 5. The standard InChI is InChI=1S/C13H14BrN3O3S/c14-9-3-10-12(15-4-9)17(5-8-1-2-20-6-8)13(16-10)21-7-11(18)19/h3-4,8H,1-2,5-7H2,(H,18,19). The van der Waals surface area contributed by atoms with Crippen LogP contribution in [0.1, 0.15) is 6.42 Å². The molecule has 0 radical (unpaired) electrons. The van der Waals surface area contributed by atoms with E-state index in [1.165, 1.54) is 11.8 Å². The molecule has 1 aliphatic rings. The molecule has 0 bridgehead atoms. The number of aromatic nitrogens is 3. The van der Waals surface area contributed by atoms with E-state index < -0.39 is 5.97 Å². The number of halogens is 1. The average Bonchev–Trinajstić information content (AvgIpc) is 3.05. The van der Waals surface area contributed by atoms with E-state index in [4.69, 9.17) is 9.84 Å².